The number of nitrogens with two attached hydrogens (primary N) is 1. The van der Waals surface area contributed by atoms with Crippen molar-refractivity contribution in [2.75, 3.05) is 18.8 Å². The molecule has 3 heterocycles. The van der Waals surface area contributed by atoms with Gasteiger partial charge in [-0.25, -0.2) is 14.6 Å². The molecule has 0 bridgehead atoms. The summed E-state index contributed by atoms with van der Waals surface area (Å²) in [5.74, 6) is 2.01. The zero-order valence-electron chi connectivity index (χ0n) is 13.4. The SMILES string of the molecule is Nc1ncc(CN2CCc3nc(Cc4ccccc4)nn3CC2)s1. The summed E-state index contributed by atoms with van der Waals surface area (Å²) in [5, 5.41) is 5.34. The molecule has 1 aliphatic rings. The fraction of sp³-hybridized carbons (Fsp3) is 0.353. The van der Waals surface area contributed by atoms with E-state index in [-0.39, 0.29) is 0 Å². The molecule has 0 spiro atoms. The first-order valence-corrected chi connectivity index (χ1v) is 8.97. The Labute approximate surface area is 145 Å². The number of fused-ring (bicyclic) bond motifs is 1. The van der Waals surface area contributed by atoms with E-state index in [1.54, 1.807) is 11.3 Å². The molecule has 0 saturated carbocycles. The molecule has 0 saturated heterocycles. The van der Waals surface area contributed by atoms with Crippen molar-refractivity contribution in [2.45, 2.75) is 25.9 Å². The summed E-state index contributed by atoms with van der Waals surface area (Å²) >= 11 is 1.56. The minimum absolute atomic E-state index is 0.639. The van der Waals surface area contributed by atoms with Crippen LogP contribution in [0.2, 0.25) is 0 Å². The van der Waals surface area contributed by atoms with Gasteiger partial charge in [-0.3, -0.25) is 4.90 Å². The Hall–Kier alpha value is -2.25. The minimum atomic E-state index is 0.639. The fourth-order valence-corrected chi connectivity index (χ4v) is 3.75. The van der Waals surface area contributed by atoms with Gasteiger partial charge in [0.1, 0.15) is 5.82 Å². The predicted molar refractivity (Wildman–Crippen MR) is 94.8 cm³/mol. The Morgan fingerprint density at radius 1 is 1.12 bits per heavy atom. The lowest BCUT2D eigenvalue weighted by atomic mass is 10.1. The molecular formula is C17H20N6S. The summed E-state index contributed by atoms with van der Waals surface area (Å²) in [6, 6.07) is 10.4. The molecule has 0 unspecified atom stereocenters. The molecule has 3 aromatic rings. The summed E-state index contributed by atoms with van der Waals surface area (Å²) < 4.78 is 2.07. The average molecular weight is 340 g/mol. The average Bonchev–Trinajstić information content (AvgIpc) is 3.12. The normalized spacial score (nSPS) is 15.2. The molecule has 6 nitrogen and oxygen atoms in total. The van der Waals surface area contributed by atoms with Crippen molar-refractivity contribution in [1.82, 2.24) is 24.6 Å². The first-order chi connectivity index (χ1) is 11.8. The van der Waals surface area contributed by atoms with Gasteiger partial charge in [-0.15, -0.1) is 11.3 Å². The standard InChI is InChI=1S/C17H20N6S/c18-17-19-11-14(24-17)12-22-7-6-16-20-15(21-23(16)9-8-22)10-13-4-2-1-3-5-13/h1-5,11H,6-10,12H2,(H2,18,19). The molecule has 0 amide bonds. The van der Waals surface area contributed by atoms with E-state index in [0.29, 0.717) is 5.13 Å². The van der Waals surface area contributed by atoms with Crippen molar-refractivity contribution in [3.8, 4) is 0 Å². The molecule has 0 fully saturated rings. The van der Waals surface area contributed by atoms with E-state index < -0.39 is 0 Å². The second-order valence-electron chi connectivity index (χ2n) is 6.02. The number of hydrogen-bond acceptors (Lipinski definition) is 6. The van der Waals surface area contributed by atoms with Crippen LogP contribution in [-0.2, 0) is 25.9 Å². The van der Waals surface area contributed by atoms with Gasteiger partial charge in [0.05, 0.1) is 6.54 Å². The van der Waals surface area contributed by atoms with Crippen LogP contribution in [0.25, 0.3) is 0 Å². The number of rotatable bonds is 4. The van der Waals surface area contributed by atoms with Gasteiger partial charge in [-0.1, -0.05) is 30.3 Å². The maximum absolute atomic E-state index is 5.71. The van der Waals surface area contributed by atoms with Crippen molar-refractivity contribution in [3.05, 3.63) is 58.6 Å². The first kappa shape index (κ1) is 15.3. The third-order valence-electron chi connectivity index (χ3n) is 4.23. The highest BCUT2D eigenvalue weighted by molar-refractivity contribution is 7.15. The van der Waals surface area contributed by atoms with Crippen LogP contribution in [0, 0.1) is 0 Å². The van der Waals surface area contributed by atoms with E-state index in [2.05, 4.69) is 38.8 Å². The number of nitrogen functional groups attached to an aromatic ring is 1. The van der Waals surface area contributed by atoms with Crippen LogP contribution >= 0.6 is 11.3 Å². The largest absolute Gasteiger partial charge is 0.375 e. The van der Waals surface area contributed by atoms with Gasteiger partial charge in [0.15, 0.2) is 11.0 Å². The Bertz CT molecular complexity index is 784. The molecule has 2 aromatic heterocycles. The second-order valence-corrected chi connectivity index (χ2v) is 7.17. The van der Waals surface area contributed by atoms with Gasteiger partial charge in [-0.2, -0.15) is 5.10 Å². The van der Waals surface area contributed by atoms with Crippen molar-refractivity contribution in [3.63, 3.8) is 0 Å². The maximum Gasteiger partial charge on any atom is 0.180 e. The van der Waals surface area contributed by atoms with Gasteiger partial charge in [0.25, 0.3) is 0 Å². The summed E-state index contributed by atoms with van der Waals surface area (Å²) in [6.07, 6.45) is 3.60. The van der Waals surface area contributed by atoms with E-state index in [4.69, 9.17) is 15.8 Å². The molecule has 7 heteroatoms. The number of thiazole rings is 1. The Morgan fingerprint density at radius 2 is 2.00 bits per heavy atom. The van der Waals surface area contributed by atoms with Crippen LogP contribution in [0.5, 0.6) is 0 Å². The maximum atomic E-state index is 5.71. The monoisotopic (exact) mass is 340 g/mol. The first-order valence-electron chi connectivity index (χ1n) is 8.15. The van der Waals surface area contributed by atoms with Crippen LogP contribution in [0.4, 0.5) is 5.13 Å². The Morgan fingerprint density at radius 3 is 2.79 bits per heavy atom. The van der Waals surface area contributed by atoms with Crippen molar-refractivity contribution >= 4 is 16.5 Å². The smallest absolute Gasteiger partial charge is 0.180 e. The van der Waals surface area contributed by atoms with Crippen molar-refractivity contribution < 1.29 is 0 Å². The van der Waals surface area contributed by atoms with Gasteiger partial charge in [0, 0.05) is 43.5 Å². The number of aromatic nitrogens is 4. The number of hydrogen-bond donors (Lipinski definition) is 1. The van der Waals surface area contributed by atoms with Crippen molar-refractivity contribution in [2.24, 2.45) is 0 Å². The third kappa shape index (κ3) is 3.47. The highest BCUT2D eigenvalue weighted by atomic mass is 32.1. The molecule has 1 aromatic carbocycles. The summed E-state index contributed by atoms with van der Waals surface area (Å²) in [7, 11) is 0. The zero-order chi connectivity index (χ0) is 16.4. The highest BCUT2D eigenvalue weighted by Gasteiger charge is 2.18. The van der Waals surface area contributed by atoms with Gasteiger partial charge in [0.2, 0.25) is 0 Å². The lowest BCUT2D eigenvalue weighted by molar-refractivity contribution is 0.270. The minimum Gasteiger partial charge on any atom is -0.375 e. The summed E-state index contributed by atoms with van der Waals surface area (Å²) in [6.45, 7) is 3.74. The zero-order valence-corrected chi connectivity index (χ0v) is 14.2. The molecule has 0 atom stereocenters. The van der Waals surface area contributed by atoms with E-state index in [9.17, 15) is 0 Å². The van der Waals surface area contributed by atoms with E-state index in [0.717, 1.165) is 50.7 Å². The lowest BCUT2D eigenvalue weighted by Crippen LogP contribution is -2.26. The fourth-order valence-electron chi connectivity index (χ4n) is 3.02. The molecular weight excluding hydrogens is 320 g/mol. The quantitative estimate of drug-likeness (QED) is 0.786. The molecule has 0 radical (unpaired) electrons. The molecule has 2 N–H and O–H groups in total. The molecule has 0 aliphatic carbocycles. The van der Waals surface area contributed by atoms with Crippen LogP contribution in [-0.4, -0.2) is 37.7 Å². The summed E-state index contributed by atoms with van der Waals surface area (Å²) in [5.41, 5.74) is 6.96. The van der Waals surface area contributed by atoms with E-state index in [1.807, 2.05) is 12.3 Å². The molecule has 24 heavy (non-hydrogen) atoms. The summed E-state index contributed by atoms with van der Waals surface area (Å²) in [4.78, 5) is 12.5. The Balaban J connectivity index is 1.40. The van der Waals surface area contributed by atoms with E-state index in [1.165, 1.54) is 10.4 Å². The van der Waals surface area contributed by atoms with Crippen LogP contribution in [0.15, 0.2) is 36.5 Å². The third-order valence-corrected chi connectivity index (χ3v) is 5.04. The highest BCUT2D eigenvalue weighted by Crippen LogP contribution is 2.18. The number of benzene rings is 1. The topological polar surface area (TPSA) is 72.9 Å². The van der Waals surface area contributed by atoms with Gasteiger partial charge < -0.3 is 5.73 Å². The Kier molecular flexibility index (Phi) is 4.27. The van der Waals surface area contributed by atoms with Crippen LogP contribution in [0.1, 0.15) is 22.1 Å². The molecule has 1 aliphatic heterocycles. The second kappa shape index (κ2) is 6.70. The van der Waals surface area contributed by atoms with Crippen molar-refractivity contribution in [1.29, 1.82) is 0 Å². The van der Waals surface area contributed by atoms with Gasteiger partial charge in [-0.05, 0) is 5.56 Å². The van der Waals surface area contributed by atoms with Crippen LogP contribution in [0.3, 0.4) is 0 Å². The molecule has 124 valence electrons. The number of nitrogens with zero attached hydrogens (tertiary/aromatic N) is 5. The lowest BCUT2D eigenvalue weighted by Gasteiger charge is -2.17. The van der Waals surface area contributed by atoms with Gasteiger partial charge >= 0.3 is 0 Å². The van der Waals surface area contributed by atoms with E-state index >= 15 is 0 Å². The van der Waals surface area contributed by atoms with Crippen LogP contribution < -0.4 is 5.73 Å². The number of anilines is 1. The predicted octanol–water partition coefficient (Wildman–Crippen LogP) is 1.97. The molecule has 4 rings (SSSR count).